The minimum Gasteiger partial charge on any atom is -0.328 e. The van der Waals surface area contributed by atoms with Crippen LogP contribution in [0.2, 0.25) is 0 Å². The van der Waals surface area contributed by atoms with Crippen LogP contribution in [0.25, 0.3) is 11.1 Å². The van der Waals surface area contributed by atoms with Crippen molar-refractivity contribution in [2.45, 2.75) is 42.7 Å². The highest BCUT2D eigenvalue weighted by Gasteiger charge is 2.24. The van der Waals surface area contributed by atoms with Crippen LogP contribution in [0, 0.1) is 11.6 Å². The number of benzene rings is 2. The predicted octanol–water partition coefficient (Wildman–Crippen LogP) is 3.18. The van der Waals surface area contributed by atoms with Crippen molar-refractivity contribution in [3.8, 4) is 11.1 Å². The molecule has 0 radical (unpaired) electrons. The third kappa shape index (κ3) is 4.23. The lowest BCUT2D eigenvalue weighted by Crippen LogP contribution is -2.40. The summed E-state index contributed by atoms with van der Waals surface area (Å²) in [5.74, 6) is -1.34. The molecule has 134 valence electrons. The highest BCUT2D eigenvalue weighted by atomic mass is 32.2. The van der Waals surface area contributed by atoms with Crippen LogP contribution in [0.5, 0.6) is 0 Å². The van der Waals surface area contributed by atoms with Gasteiger partial charge in [-0.25, -0.2) is 21.9 Å². The fourth-order valence-electron chi connectivity index (χ4n) is 3.06. The Bertz CT molecular complexity index is 846. The molecule has 1 aliphatic carbocycles. The van der Waals surface area contributed by atoms with E-state index in [1.165, 1.54) is 36.4 Å². The van der Waals surface area contributed by atoms with Gasteiger partial charge in [0.1, 0.15) is 11.6 Å². The molecule has 3 N–H and O–H groups in total. The molecule has 0 amide bonds. The van der Waals surface area contributed by atoms with Gasteiger partial charge in [0.25, 0.3) is 0 Å². The van der Waals surface area contributed by atoms with Gasteiger partial charge in [0.2, 0.25) is 10.0 Å². The van der Waals surface area contributed by atoms with Crippen LogP contribution in [0.1, 0.15) is 25.7 Å². The minimum absolute atomic E-state index is 0.112. The number of hydrogen-bond donors (Lipinski definition) is 2. The monoisotopic (exact) mass is 366 g/mol. The van der Waals surface area contributed by atoms with E-state index in [0.717, 1.165) is 31.7 Å². The van der Waals surface area contributed by atoms with E-state index >= 15 is 0 Å². The van der Waals surface area contributed by atoms with Crippen LogP contribution >= 0.6 is 0 Å². The lowest BCUT2D eigenvalue weighted by Gasteiger charge is -2.26. The number of hydrogen-bond acceptors (Lipinski definition) is 3. The van der Waals surface area contributed by atoms with Crippen molar-refractivity contribution in [2.24, 2.45) is 5.73 Å². The first kappa shape index (κ1) is 18.0. The molecule has 1 saturated carbocycles. The molecule has 2 aromatic carbocycles. The minimum atomic E-state index is -3.64. The number of rotatable bonds is 4. The fourth-order valence-corrected chi connectivity index (χ4v) is 4.37. The Morgan fingerprint density at radius 1 is 0.960 bits per heavy atom. The molecular weight excluding hydrogens is 346 g/mol. The van der Waals surface area contributed by atoms with E-state index in [1.807, 2.05) is 0 Å². The van der Waals surface area contributed by atoms with Gasteiger partial charge in [0, 0.05) is 23.7 Å². The molecule has 0 unspecified atom stereocenters. The highest BCUT2D eigenvalue weighted by molar-refractivity contribution is 7.89. The molecule has 4 nitrogen and oxygen atoms in total. The average Bonchev–Trinajstić information content (AvgIpc) is 2.57. The molecule has 0 aliphatic heterocycles. The molecule has 0 spiro atoms. The Hall–Kier alpha value is -1.83. The van der Waals surface area contributed by atoms with Crippen LogP contribution in [0.4, 0.5) is 8.78 Å². The normalized spacial score (nSPS) is 21.2. The quantitative estimate of drug-likeness (QED) is 0.873. The molecule has 1 fully saturated rings. The van der Waals surface area contributed by atoms with Crippen molar-refractivity contribution in [1.82, 2.24) is 4.72 Å². The van der Waals surface area contributed by atoms with Crippen LogP contribution in [0.3, 0.4) is 0 Å². The van der Waals surface area contributed by atoms with E-state index < -0.39 is 21.7 Å². The van der Waals surface area contributed by atoms with Crippen molar-refractivity contribution in [3.63, 3.8) is 0 Å². The van der Waals surface area contributed by atoms with E-state index in [-0.39, 0.29) is 22.5 Å². The summed E-state index contributed by atoms with van der Waals surface area (Å²) in [6.45, 7) is 0. The summed E-state index contributed by atoms with van der Waals surface area (Å²) in [5.41, 5.74) is 6.54. The molecule has 0 saturated heterocycles. The third-order valence-electron chi connectivity index (χ3n) is 4.50. The first-order valence-electron chi connectivity index (χ1n) is 8.18. The van der Waals surface area contributed by atoms with Gasteiger partial charge in [-0.15, -0.1) is 0 Å². The Balaban J connectivity index is 1.77. The molecule has 3 rings (SSSR count). The third-order valence-corrected chi connectivity index (χ3v) is 6.04. The van der Waals surface area contributed by atoms with Gasteiger partial charge in [-0.2, -0.15) is 0 Å². The van der Waals surface area contributed by atoms with Crippen LogP contribution in [-0.4, -0.2) is 20.5 Å². The zero-order valence-corrected chi connectivity index (χ0v) is 14.4. The molecule has 2 aromatic rings. The van der Waals surface area contributed by atoms with E-state index in [2.05, 4.69) is 4.72 Å². The SMILES string of the molecule is NC1CCC(NS(=O)(=O)c2ccc(-c3ccc(F)cc3F)cc2)CC1. The molecule has 0 aromatic heterocycles. The summed E-state index contributed by atoms with van der Waals surface area (Å²) >= 11 is 0. The average molecular weight is 366 g/mol. The Labute approximate surface area is 146 Å². The maximum absolute atomic E-state index is 13.8. The largest absolute Gasteiger partial charge is 0.328 e. The van der Waals surface area contributed by atoms with E-state index in [0.29, 0.717) is 5.56 Å². The van der Waals surface area contributed by atoms with Crippen LogP contribution in [0.15, 0.2) is 47.4 Å². The Morgan fingerprint density at radius 2 is 1.60 bits per heavy atom. The van der Waals surface area contributed by atoms with Gasteiger partial charge in [0.05, 0.1) is 4.90 Å². The first-order valence-corrected chi connectivity index (χ1v) is 9.67. The molecule has 0 atom stereocenters. The highest BCUT2D eigenvalue weighted by Crippen LogP contribution is 2.25. The fraction of sp³-hybridized carbons (Fsp3) is 0.333. The van der Waals surface area contributed by atoms with Gasteiger partial charge >= 0.3 is 0 Å². The molecule has 25 heavy (non-hydrogen) atoms. The number of nitrogens with two attached hydrogens (primary N) is 1. The van der Waals surface area contributed by atoms with Crippen LogP contribution < -0.4 is 10.5 Å². The van der Waals surface area contributed by atoms with Crippen molar-refractivity contribution in [2.75, 3.05) is 0 Å². The van der Waals surface area contributed by atoms with Crippen molar-refractivity contribution in [1.29, 1.82) is 0 Å². The zero-order valence-electron chi connectivity index (χ0n) is 13.6. The lowest BCUT2D eigenvalue weighted by atomic mass is 9.93. The second-order valence-electron chi connectivity index (χ2n) is 6.38. The molecule has 1 aliphatic rings. The van der Waals surface area contributed by atoms with Gasteiger partial charge in [0.15, 0.2) is 0 Å². The van der Waals surface area contributed by atoms with Crippen LogP contribution in [-0.2, 0) is 10.0 Å². The smallest absolute Gasteiger partial charge is 0.240 e. The second kappa shape index (κ2) is 7.19. The molecular formula is C18H20F2N2O2S. The first-order chi connectivity index (χ1) is 11.8. The maximum Gasteiger partial charge on any atom is 0.240 e. The second-order valence-corrected chi connectivity index (χ2v) is 8.10. The van der Waals surface area contributed by atoms with Crippen molar-refractivity contribution < 1.29 is 17.2 Å². The van der Waals surface area contributed by atoms with Gasteiger partial charge in [-0.05, 0) is 55.5 Å². The predicted molar refractivity (Wildman–Crippen MR) is 92.3 cm³/mol. The van der Waals surface area contributed by atoms with Crippen molar-refractivity contribution in [3.05, 3.63) is 54.1 Å². The van der Waals surface area contributed by atoms with Gasteiger partial charge in [-0.3, -0.25) is 0 Å². The standard InChI is InChI=1S/C18H20F2N2O2S/c19-13-3-10-17(18(20)11-13)12-1-8-16(9-2-12)25(23,24)22-15-6-4-14(21)5-7-15/h1-3,8-11,14-15,22H,4-7,21H2. The summed E-state index contributed by atoms with van der Waals surface area (Å²) in [6.07, 6.45) is 3.05. The van der Waals surface area contributed by atoms with Gasteiger partial charge in [-0.1, -0.05) is 12.1 Å². The van der Waals surface area contributed by atoms with Gasteiger partial charge < -0.3 is 5.73 Å². The molecule has 0 heterocycles. The Morgan fingerprint density at radius 3 is 2.20 bits per heavy atom. The topological polar surface area (TPSA) is 72.2 Å². The summed E-state index contributed by atoms with van der Waals surface area (Å²) in [7, 11) is -3.64. The van der Waals surface area contributed by atoms with Crippen molar-refractivity contribution >= 4 is 10.0 Å². The summed E-state index contributed by atoms with van der Waals surface area (Å²) < 4.78 is 54.5. The van der Waals surface area contributed by atoms with E-state index in [9.17, 15) is 17.2 Å². The Kier molecular flexibility index (Phi) is 5.17. The summed E-state index contributed by atoms with van der Waals surface area (Å²) in [6, 6.07) is 9.21. The lowest BCUT2D eigenvalue weighted by molar-refractivity contribution is 0.373. The van der Waals surface area contributed by atoms with E-state index in [4.69, 9.17) is 5.73 Å². The maximum atomic E-state index is 13.8. The van der Waals surface area contributed by atoms with E-state index in [1.54, 1.807) is 0 Å². The summed E-state index contributed by atoms with van der Waals surface area (Å²) in [4.78, 5) is 0.119. The molecule has 0 bridgehead atoms. The number of sulfonamides is 1. The zero-order chi connectivity index (χ0) is 18.0. The number of nitrogens with one attached hydrogen (secondary N) is 1. The molecule has 7 heteroatoms. The summed E-state index contributed by atoms with van der Waals surface area (Å²) in [5, 5.41) is 0. The number of halogens is 2.